The molecule has 1 aliphatic heterocycles. The summed E-state index contributed by atoms with van der Waals surface area (Å²) >= 11 is 1.35. The van der Waals surface area contributed by atoms with E-state index in [1.165, 1.54) is 23.9 Å². The Morgan fingerprint density at radius 3 is 2.62 bits per heavy atom. The van der Waals surface area contributed by atoms with Crippen molar-refractivity contribution >= 4 is 23.5 Å². The average Bonchev–Trinajstić information content (AvgIpc) is 2.81. The predicted octanol–water partition coefficient (Wildman–Crippen LogP) is 3.20. The van der Waals surface area contributed by atoms with Gasteiger partial charge in [-0.3, -0.25) is 9.89 Å². The number of amides is 1. The van der Waals surface area contributed by atoms with Gasteiger partial charge < -0.3 is 5.32 Å². The molecule has 4 nitrogen and oxygen atoms in total. The molecule has 1 aliphatic rings. The molecule has 1 atom stereocenters. The number of nitrogens with one attached hydrogen (secondary N) is 2. The molecular weight excluding hydrogens is 303 g/mol. The maximum absolute atomic E-state index is 12.6. The van der Waals surface area contributed by atoms with Crippen LogP contribution in [-0.4, -0.2) is 21.9 Å². The highest BCUT2D eigenvalue weighted by atomic mass is 32.2. The van der Waals surface area contributed by atoms with Crippen molar-refractivity contribution in [3.63, 3.8) is 0 Å². The number of carbonyl (C=O) groups excluding carboxylic acids is 1. The van der Waals surface area contributed by atoms with Crippen LogP contribution in [0.1, 0.15) is 21.9 Å². The van der Waals surface area contributed by atoms with E-state index in [-0.39, 0.29) is 16.9 Å². The molecule has 1 amide bonds. The molecule has 2 aromatic rings. The zero-order chi connectivity index (χ0) is 15.0. The topological polar surface area (TPSA) is 57.8 Å². The Morgan fingerprint density at radius 1 is 1.24 bits per heavy atom. The van der Waals surface area contributed by atoms with Gasteiger partial charge in [0.15, 0.2) is 0 Å². The van der Waals surface area contributed by atoms with Crippen molar-refractivity contribution in [1.29, 1.82) is 0 Å². The van der Waals surface area contributed by atoms with Crippen LogP contribution < -0.4 is 5.32 Å². The van der Waals surface area contributed by atoms with Gasteiger partial charge in [-0.25, -0.2) is 0 Å². The molecule has 2 heterocycles. The molecule has 1 unspecified atom stereocenters. The summed E-state index contributed by atoms with van der Waals surface area (Å²) in [5, 5.41) is 9.01. The van der Waals surface area contributed by atoms with Crippen LogP contribution in [0.15, 0.2) is 30.5 Å². The summed E-state index contributed by atoms with van der Waals surface area (Å²) in [5.41, 5.74) is 0.768. The van der Waals surface area contributed by atoms with Crippen molar-refractivity contribution in [2.75, 3.05) is 11.1 Å². The van der Waals surface area contributed by atoms with Crippen LogP contribution in [-0.2, 0) is 11.0 Å². The number of carbonyl (C=O) groups is 1. The minimum atomic E-state index is -4.35. The Morgan fingerprint density at radius 2 is 1.95 bits per heavy atom. The van der Waals surface area contributed by atoms with Gasteiger partial charge in [0.2, 0.25) is 5.91 Å². The Labute approximate surface area is 122 Å². The van der Waals surface area contributed by atoms with Crippen molar-refractivity contribution < 1.29 is 18.0 Å². The molecule has 1 aromatic heterocycles. The van der Waals surface area contributed by atoms with Crippen LogP contribution in [0.25, 0.3) is 0 Å². The fourth-order valence-electron chi connectivity index (χ4n) is 2.14. The maximum atomic E-state index is 12.6. The molecule has 8 heteroatoms. The molecule has 0 aliphatic carbocycles. The zero-order valence-corrected chi connectivity index (χ0v) is 11.4. The second-order valence-corrected chi connectivity index (χ2v) is 5.65. The van der Waals surface area contributed by atoms with E-state index in [4.69, 9.17) is 0 Å². The van der Waals surface area contributed by atoms with E-state index in [0.29, 0.717) is 11.4 Å². The summed E-state index contributed by atoms with van der Waals surface area (Å²) in [6.45, 7) is 0. The summed E-state index contributed by atoms with van der Waals surface area (Å²) in [6, 6.07) is 4.98. The van der Waals surface area contributed by atoms with E-state index in [1.807, 2.05) is 0 Å². The molecule has 0 bridgehead atoms. The number of anilines is 1. The minimum absolute atomic E-state index is 0.167. The van der Waals surface area contributed by atoms with Gasteiger partial charge in [-0.05, 0) is 17.7 Å². The van der Waals surface area contributed by atoms with E-state index in [0.717, 1.165) is 17.7 Å². The molecule has 0 saturated carbocycles. The van der Waals surface area contributed by atoms with E-state index in [2.05, 4.69) is 15.5 Å². The molecule has 0 spiro atoms. The lowest BCUT2D eigenvalue weighted by molar-refractivity contribution is -0.137. The number of fused-ring (bicyclic) bond motifs is 1. The highest BCUT2D eigenvalue weighted by Crippen LogP contribution is 2.41. The van der Waals surface area contributed by atoms with E-state index in [1.54, 1.807) is 6.20 Å². The summed E-state index contributed by atoms with van der Waals surface area (Å²) < 4.78 is 37.8. The van der Waals surface area contributed by atoms with Crippen molar-refractivity contribution in [2.45, 2.75) is 11.4 Å². The third kappa shape index (κ3) is 2.76. The lowest BCUT2D eigenvalue weighted by atomic mass is 10.0. The molecule has 110 valence electrons. The van der Waals surface area contributed by atoms with Gasteiger partial charge in [-0.1, -0.05) is 12.1 Å². The first-order valence-corrected chi connectivity index (χ1v) is 7.12. The van der Waals surface area contributed by atoms with E-state index < -0.39 is 11.7 Å². The monoisotopic (exact) mass is 313 g/mol. The average molecular weight is 313 g/mol. The predicted molar refractivity (Wildman–Crippen MR) is 73.0 cm³/mol. The summed E-state index contributed by atoms with van der Waals surface area (Å²) in [7, 11) is 0. The second kappa shape index (κ2) is 5.10. The van der Waals surface area contributed by atoms with Crippen molar-refractivity contribution in [3.05, 3.63) is 47.2 Å². The third-order valence-electron chi connectivity index (χ3n) is 3.14. The number of rotatable bonds is 1. The maximum Gasteiger partial charge on any atom is 0.416 e. The number of halogens is 3. The number of alkyl halides is 3. The Balaban J connectivity index is 1.95. The Kier molecular flexibility index (Phi) is 3.40. The summed E-state index contributed by atoms with van der Waals surface area (Å²) in [4.78, 5) is 11.6. The normalized spacial score (nSPS) is 18.8. The van der Waals surface area contributed by atoms with Crippen LogP contribution >= 0.6 is 11.8 Å². The molecule has 0 radical (unpaired) electrons. The second-order valence-electron chi connectivity index (χ2n) is 4.56. The number of aromatic amines is 1. The first kappa shape index (κ1) is 14.0. The van der Waals surface area contributed by atoms with Gasteiger partial charge in [0, 0.05) is 5.56 Å². The lowest BCUT2D eigenvalue weighted by Crippen LogP contribution is -2.12. The number of hydrogen-bond donors (Lipinski definition) is 2. The van der Waals surface area contributed by atoms with E-state index >= 15 is 0 Å². The fraction of sp³-hybridized carbons (Fsp3) is 0.231. The van der Waals surface area contributed by atoms with Gasteiger partial charge >= 0.3 is 6.18 Å². The summed E-state index contributed by atoms with van der Waals surface area (Å²) in [5.74, 6) is 0.559. The minimum Gasteiger partial charge on any atom is -0.310 e. The Bertz CT molecular complexity index is 666. The molecule has 21 heavy (non-hydrogen) atoms. The molecule has 0 fully saturated rings. The number of hydrogen-bond acceptors (Lipinski definition) is 3. The molecule has 3 rings (SSSR count). The lowest BCUT2D eigenvalue weighted by Gasteiger charge is -2.15. The highest BCUT2D eigenvalue weighted by Gasteiger charge is 2.31. The number of thioether (sulfide) groups is 1. The van der Waals surface area contributed by atoms with Crippen molar-refractivity contribution in [2.24, 2.45) is 0 Å². The molecule has 0 saturated heterocycles. The van der Waals surface area contributed by atoms with Crippen LogP contribution in [0.4, 0.5) is 19.0 Å². The van der Waals surface area contributed by atoms with Gasteiger partial charge in [0.25, 0.3) is 0 Å². The van der Waals surface area contributed by atoms with Gasteiger partial charge in [-0.2, -0.15) is 18.3 Å². The molecule has 1 aromatic carbocycles. The first-order chi connectivity index (χ1) is 9.95. The van der Waals surface area contributed by atoms with Crippen LogP contribution in [0, 0.1) is 0 Å². The van der Waals surface area contributed by atoms with Gasteiger partial charge in [0.1, 0.15) is 5.82 Å². The van der Waals surface area contributed by atoms with Gasteiger partial charge in [-0.15, -0.1) is 11.8 Å². The van der Waals surface area contributed by atoms with Gasteiger partial charge in [0.05, 0.1) is 22.8 Å². The highest BCUT2D eigenvalue weighted by molar-refractivity contribution is 8.00. The number of nitrogens with zero attached hydrogens (tertiary/aromatic N) is 1. The Hall–Kier alpha value is -1.96. The molecular formula is C13H10F3N3OS. The smallest absolute Gasteiger partial charge is 0.310 e. The number of benzene rings is 1. The van der Waals surface area contributed by atoms with E-state index in [9.17, 15) is 18.0 Å². The standard InChI is InChI=1S/C13H10F3N3OS/c14-13(15,16)8-3-1-7(2-4-8)11-9-5-17-19-12(9)18-10(20)6-21-11/h1-5,11H,6H2,(H2,17,18,19,20). The fourth-order valence-corrected chi connectivity index (χ4v) is 3.24. The SMILES string of the molecule is O=C1CSC(c2ccc(C(F)(F)F)cc2)c2cn[nH]c2N1. The molecule has 2 N–H and O–H groups in total. The number of aromatic nitrogens is 2. The number of H-pyrrole nitrogens is 1. The van der Waals surface area contributed by atoms with Crippen molar-refractivity contribution in [1.82, 2.24) is 10.2 Å². The van der Waals surface area contributed by atoms with Crippen molar-refractivity contribution in [3.8, 4) is 0 Å². The summed E-state index contributed by atoms with van der Waals surface area (Å²) in [6.07, 6.45) is -2.77. The first-order valence-electron chi connectivity index (χ1n) is 6.07. The van der Waals surface area contributed by atoms with Crippen LogP contribution in [0.5, 0.6) is 0 Å². The van der Waals surface area contributed by atoms with Crippen LogP contribution in [0.3, 0.4) is 0 Å². The zero-order valence-electron chi connectivity index (χ0n) is 10.6. The quantitative estimate of drug-likeness (QED) is 0.850. The third-order valence-corrected chi connectivity index (χ3v) is 4.43. The van der Waals surface area contributed by atoms with Crippen LogP contribution in [0.2, 0.25) is 0 Å². The largest absolute Gasteiger partial charge is 0.416 e.